The van der Waals surface area contributed by atoms with Crippen molar-refractivity contribution < 1.29 is 33.9 Å². The number of nitrogens with one attached hydrogen (secondary N) is 1. The van der Waals surface area contributed by atoms with Crippen molar-refractivity contribution in [2.75, 3.05) is 26.3 Å². The second-order valence-electron chi connectivity index (χ2n) is 9.54. The number of imide groups is 1. The third kappa shape index (κ3) is 5.74. The minimum atomic E-state index is -0.849. The number of rotatable bonds is 8. The Labute approximate surface area is 182 Å². The molecule has 2 aliphatic heterocycles. The number of alkyl carbamates (subject to hydrolysis) is 1. The van der Waals surface area contributed by atoms with Gasteiger partial charge in [0.2, 0.25) is 12.3 Å². The maximum absolute atomic E-state index is 13.5. The summed E-state index contributed by atoms with van der Waals surface area (Å²) >= 11 is 0. The molecule has 174 valence electrons. The van der Waals surface area contributed by atoms with Crippen molar-refractivity contribution in [1.29, 1.82) is 0 Å². The predicted molar refractivity (Wildman–Crippen MR) is 108 cm³/mol. The summed E-state index contributed by atoms with van der Waals surface area (Å²) in [6.07, 6.45) is 4.47. The lowest BCUT2D eigenvalue weighted by Gasteiger charge is -2.34. The first-order valence-corrected chi connectivity index (χ1v) is 11.0. The van der Waals surface area contributed by atoms with Gasteiger partial charge in [-0.15, -0.1) is 0 Å². The van der Waals surface area contributed by atoms with Crippen LogP contribution in [0.2, 0.25) is 0 Å². The van der Waals surface area contributed by atoms with Crippen molar-refractivity contribution in [3.8, 4) is 0 Å². The summed E-state index contributed by atoms with van der Waals surface area (Å²) in [7, 11) is 0. The molecule has 0 unspecified atom stereocenters. The van der Waals surface area contributed by atoms with Crippen LogP contribution in [-0.2, 0) is 23.9 Å². The summed E-state index contributed by atoms with van der Waals surface area (Å²) in [6.45, 7) is 4.62. The van der Waals surface area contributed by atoms with Crippen molar-refractivity contribution in [3.05, 3.63) is 0 Å². The smallest absolute Gasteiger partial charge is 0.414 e. The Morgan fingerprint density at radius 2 is 1.97 bits per heavy atom. The van der Waals surface area contributed by atoms with Gasteiger partial charge in [-0.2, -0.15) is 0 Å². The van der Waals surface area contributed by atoms with Crippen LogP contribution < -0.4 is 5.32 Å². The highest BCUT2D eigenvalue weighted by atomic mass is 16.6. The fraction of sp³-hybridized carbons (Fsp3) is 0.810. The summed E-state index contributed by atoms with van der Waals surface area (Å²) in [5.74, 6) is -1.12. The maximum Gasteiger partial charge on any atom is 0.414 e. The zero-order chi connectivity index (χ0) is 22.6. The van der Waals surface area contributed by atoms with Crippen LogP contribution in [0.3, 0.4) is 0 Å². The number of nitrogens with zero attached hydrogens (tertiary/aromatic N) is 2. The Hall–Kier alpha value is -2.20. The molecule has 10 nitrogen and oxygen atoms in total. The second-order valence-corrected chi connectivity index (χ2v) is 9.54. The van der Waals surface area contributed by atoms with E-state index in [1.807, 2.05) is 13.8 Å². The Morgan fingerprint density at radius 1 is 1.29 bits per heavy atom. The van der Waals surface area contributed by atoms with Gasteiger partial charge < -0.3 is 14.4 Å². The molecule has 1 aliphatic carbocycles. The number of hydroxylamine groups is 2. The monoisotopic (exact) mass is 439 g/mol. The van der Waals surface area contributed by atoms with Gasteiger partial charge in [-0.1, -0.05) is 39.5 Å². The molecule has 2 heterocycles. The molecule has 3 fully saturated rings. The van der Waals surface area contributed by atoms with Crippen LogP contribution in [0.1, 0.15) is 52.4 Å². The van der Waals surface area contributed by atoms with Gasteiger partial charge in [-0.3, -0.25) is 24.9 Å². The highest BCUT2D eigenvalue weighted by Gasteiger charge is 2.49. The number of ether oxygens (including phenoxy) is 2. The van der Waals surface area contributed by atoms with Crippen molar-refractivity contribution in [2.24, 2.45) is 17.3 Å². The van der Waals surface area contributed by atoms with E-state index in [0.717, 1.165) is 25.7 Å². The molecule has 0 bridgehead atoms. The first-order valence-electron chi connectivity index (χ1n) is 11.0. The largest absolute Gasteiger partial charge is 0.441 e. The van der Waals surface area contributed by atoms with E-state index in [4.69, 9.17) is 9.47 Å². The van der Waals surface area contributed by atoms with Crippen LogP contribution in [0.15, 0.2) is 0 Å². The van der Waals surface area contributed by atoms with Crippen LogP contribution in [0, 0.1) is 17.3 Å². The number of hydrogen-bond acceptors (Lipinski definition) is 7. The summed E-state index contributed by atoms with van der Waals surface area (Å²) in [5.41, 5.74) is -0.541. The van der Waals surface area contributed by atoms with Gasteiger partial charge in [0, 0.05) is 6.54 Å². The van der Waals surface area contributed by atoms with Gasteiger partial charge in [0.15, 0.2) is 6.10 Å². The molecule has 0 aromatic carbocycles. The van der Waals surface area contributed by atoms with Crippen molar-refractivity contribution in [3.63, 3.8) is 0 Å². The molecule has 10 heteroatoms. The topological polar surface area (TPSA) is 125 Å². The van der Waals surface area contributed by atoms with E-state index in [-0.39, 0.29) is 25.0 Å². The molecule has 0 aromatic rings. The Bertz CT molecular complexity index is 688. The van der Waals surface area contributed by atoms with Crippen LogP contribution >= 0.6 is 0 Å². The van der Waals surface area contributed by atoms with Crippen molar-refractivity contribution in [1.82, 2.24) is 15.3 Å². The molecular weight excluding hydrogens is 406 g/mol. The van der Waals surface area contributed by atoms with Gasteiger partial charge in [0.05, 0.1) is 25.7 Å². The molecule has 3 rings (SSSR count). The van der Waals surface area contributed by atoms with E-state index in [9.17, 15) is 24.4 Å². The number of carbonyl (C=O) groups is 4. The van der Waals surface area contributed by atoms with Crippen LogP contribution in [-0.4, -0.2) is 77.9 Å². The minimum Gasteiger partial charge on any atom is -0.441 e. The summed E-state index contributed by atoms with van der Waals surface area (Å²) < 4.78 is 10.1. The van der Waals surface area contributed by atoms with E-state index in [0.29, 0.717) is 43.6 Å². The number of likely N-dealkylation sites (tertiary alicyclic amines) is 1. The first-order chi connectivity index (χ1) is 14.7. The van der Waals surface area contributed by atoms with E-state index < -0.39 is 29.4 Å². The standard InChI is InChI=1S/C21H33N3O7/c1-21(2)7-8-24(17(21)18(26)22-20(28)31-16-11-30-12-16)19(27)15(10-23(29)13-25)9-14-5-3-4-6-14/h13-17,29H,3-12H2,1-2H3,(H,22,26,28)/t15-,17-/m1/s1. The maximum atomic E-state index is 13.5. The zero-order valence-electron chi connectivity index (χ0n) is 18.2. The Balaban J connectivity index is 1.71. The highest BCUT2D eigenvalue weighted by molar-refractivity contribution is 5.98. The summed E-state index contributed by atoms with van der Waals surface area (Å²) in [6, 6.07) is -0.848. The van der Waals surface area contributed by atoms with Crippen LogP contribution in [0.4, 0.5) is 4.79 Å². The van der Waals surface area contributed by atoms with E-state index in [1.165, 1.54) is 4.90 Å². The van der Waals surface area contributed by atoms with Gasteiger partial charge in [0.1, 0.15) is 6.04 Å². The van der Waals surface area contributed by atoms with Gasteiger partial charge in [0.25, 0.3) is 5.91 Å². The lowest BCUT2D eigenvalue weighted by Crippen LogP contribution is -2.55. The SMILES string of the molecule is CC1(C)CCN(C(=O)[C@H](CC2CCCC2)CN(O)C=O)[C@@H]1C(=O)NC(=O)OC1COC1. The van der Waals surface area contributed by atoms with Gasteiger partial charge in [-0.25, -0.2) is 9.86 Å². The molecular formula is C21H33N3O7. The van der Waals surface area contributed by atoms with E-state index in [2.05, 4.69) is 5.32 Å². The molecule has 2 atom stereocenters. The number of hydrogen-bond donors (Lipinski definition) is 2. The molecule has 0 spiro atoms. The van der Waals surface area contributed by atoms with Crippen molar-refractivity contribution in [2.45, 2.75) is 64.5 Å². The molecule has 0 radical (unpaired) electrons. The molecule has 2 saturated heterocycles. The average Bonchev–Trinajstić information content (AvgIpc) is 3.30. The fourth-order valence-electron chi connectivity index (χ4n) is 4.87. The number of amides is 4. The van der Waals surface area contributed by atoms with Crippen LogP contribution in [0.25, 0.3) is 0 Å². The molecule has 4 amide bonds. The van der Waals surface area contributed by atoms with Crippen molar-refractivity contribution >= 4 is 24.3 Å². The predicted octanol–water partition coefficient (Wildman–Crippen LogP) is 1.31. The Morgan fingerprint density at radius 3 is 2.55 bits per heavy atom. The molecule has 31 heavy (non-hydrogen) atoms. The molecule has 1 saturated carbocycles. The normalized spacial score (nSPS) is 24.4. The fourth-order valence-corrected chi connectivity index (χ4v) is 4.87. The lowest BCUT2D eigenvalue weighted by atomic mass is 9.83. The molecule has 3 aliphatic rings. The third-order valence-electron chi connectivity index (χ3n) is 6.66. The van der Waals surface area contributed by atoms with Gasteiger partial charge in [-0.05, 0) is 24.2 Å². The zero-order valence-corrected chi connectivity index (χ0v) is 18.2. The second kappa shape index (κ2) is 9.95. The van der Waals surface area contributed by atoms with E-state index in [1.54, 1.807) is 0 Å². The highest BCUT2D eigenvalue weighted by Crippen LogP contribution is 2.38. The Kier molecular flexibility index (Phi) is 7.53. The number of carbonyl (C=O) groups excluding carboxylic acids is 4. The van der Waals surface area contributed by atoms with E-state index >= 15 is 0 Å². The minimum absolute atomic E-state index is 0.117. The third-order valence-corrected chi connectivity index (χ3v) is 6.66. The van der Waals surface area contributed by atoms with Gasteiger partial charge >= 0.3 is 6.09 Å². The quantitative estimate of drug-likeness (QED) is 0.332. The first kappa shape index (κ1) is 23.5. The summed E-state index contributed by atoms with van der Waals surface area (Å²) in [4.78, 5) is 50.9. The van der Waals surface area contributed by atoms with Crippen LogP contribution in [0.5, 0.6) is 0 Å². The molecule has 2 N–H and O–H groups in total. The summed E-state index contributed by atoms with van der Waals surface area (Å²) in [5, 5.41) is 12.5. The average molecular weight is 440 g/mol. The lowest BCUT2D eigenvalue weighted by molar-refractivity contribution is -0.159. The molecule has 0 aromatic heterocycles.